The van der Waals surface area contributed by atoms with Gasteiger partial charge in [-0.15, -0.1) is 0 Å². The molecule has 1 saturated carbocycles. The van der Waals surface area contributed by atoms with Gasteiger partial charge in [-0.2, -0.15) is 0 Å². The molecular formula is C22H25N3O4S. The minimum absolute atomic E-state index is 0.00186. The zero-order valence-electron chi connectivity index (χ0n) is 16.6. The summed E-state index contributed by atoms with van der Waals surface area (Å²) < 4.78 is 27.4. The van der Waals surface area contributed by atoms with Crippen LogP contribution in [0, 0.1) is 0 Å². The second kappa shape index (κ2) is 8.57. The third kappa shape index (κ3) is 5.06. The molecule has 1 saturated heterocycles. The van der Waals surface area contributed by atoms with Crippen molar-refractivity contribution in [2.45, 2.75) is 49.6 Å². The molecule has 7 nitrogen and oxygen atoms in total. The second-order valence-corrected chi connectivity index (χ2v) is 9.56. The van der Waals surface area contributed by atoms with Gasteiger partial charge in [0.15, 0.2) is 0 Å². The number of carbonyl (C=O) groups excluding carboxylic acids is 2. The van der Waals surface area contributed by atoms with Crippen LogP contribution in [0.25, 0.3) is 0 Å². The van der Waals surface area contributed by atoms with Gasteiger partial charge < -0.3 is 10.2 Å². The van der Waals surface area contributed by atoms with Crippen LogP contribution in [0.4, 0.5) is 5.69 Å². The van der Waals surface area contributed by atoms with Crippen LogP contribution in [0.15, 0.2) is 53.4 Å². The summed E-state index contributed by atoms with van der Waals surface area (Å²) in [5.74, 6) is -0.224. The van der Waals surface area contributed by atoms with Gasteiger partial charge in [0.05, 0.1) is 4.90 Å². The number of amides is 2. The lowest BCUT2D eigenvalue weighted by Crippen LogP contribution is -2.34. The van der Waals surface area contributed by atoms with Crippen LogP contribution in [0.1, 0.15) is 48.0 Å². The van der Waals surface area contributed by atoms with Crippen molar-refractivity contribution in [3.8, 4) is 0 Å². The molecule has 1 heterocycles. The van der Waals surface area contributed by atoms with Crippen molar-refractivity contribution in [1.29, 1.82) is 0 Å². The van der Waals surface area contributed by atoms with E-state index in [2.05, 4.69) is 10.0 Å². The van der Waals surface area contributed by atoms with Crippen molar-refractivity contribution >= 4 is 27.5 Å². The minimum Gasteiger partial charge on any atom is -0.338 e. The number of hydrogen-bond donors (Lipinski definition) is 2. The molecule has 1 aliphatic heterocycles. The van der Waals surface area contributed by atoms with E-state index in [0.717, 1.165) is 37.8 Å². The molecule has 0 unspecified atom stereocenters. The Morgan fingerprint density at radius 1 is 1.07 bits per heavy atom. The Kier molecular flexibility index (Phi) is 5.87. The first-order chi connectivity index (χ1) is 14.4. The lowest BCUT2D eigenvalue weighted by atomic mass is 10.1. The van der Waals surface area contributed by atoms with Crippen LogP contribution in [0.2, 0.25) is 0 Å². The standard InChI is InChI=1S/C22H25N3O4S/c26-21-9-1-2-12-25(21)15-16-5-3-7-19(13-16)23-22(27)17-6-4-8-20(14-17)30(28,29)24-18-10-11-18/h3-8,13-14,18,24H,1-2,9-12,15H2,(H,23,27). The predicted molar refractivity (Wildman–Crippen MR) is 113 cm³/mol. The van der Waals surface area contributed by atoms with E-state index < -0.39 is 10.0 Å². The fourth-order valence-electron chi connectivity index (χ4n) is 3.49. The number of piperidine rings is 1. The molecule has 2 N–H and O–H groups in total. The van der Waals surface area contributed by atoms with E-state index in [-0.39, 0.29) is 28.3 Å². The maximum Gasteiger partial charge on any atom is 0.255 e. The summed E-state index contributed by atoms with van der Waals surface area (Å²) in [7, 11) is -3.62. The smallest absolute Gasteiger partial charge is 0.255 e. The topological polar surface area (TPSA) is 95.6 Å². The Morgan fingerprint density at radius 3 is 2.63 bits per heavy atom. The third-order valence-corrected chi connectivity index (χ3v) is 6.80. The van der Waals surface area contributed by atoms with Crippen molar-refractivity contribution < 1.29 is 18.0 Å². The molecule has 0 radical (unpaired) electrons. The van der Waals surface area contributed by atoms with E-state index in [9.17, 15) is 18.0 Å². The Hall–Kier alpha value is -2.71. The Labute approximate surface area is 176 Å². The van der Waals surface area contributed by atoms with Gasteiger partial charge in [-0.25, -0.2) is 13.1 Å². The van der Waals surface area contributed by atoms with E-state index in [1.165, 1.54) is 12.1 Å². The maximum absolute atomic E-state index is 12.7. The molecule has 4 rings (SSSR count). The van der Waals surface area contributed by atoms with E-state index in [0.29, 0.717) is 18.7 Å². The highest BCUT2D eigenvalue weighted by Gasteiger charge is 2.28. The van der Waals surface area contributed by atoms with Crippen LogP contribution in [0.5, 0.6) is 0 Å². The predicted octanol–water partition coefficient (Wildman–Crippen LogP) is 2.89. The molecule has 0 bridgehead atoms. The summed E-state index contributed by atoms with van der Waals surface area (Å²) in [6.45, 7) is 1.27. The average molecular weight is 428 g/mol. The lowest BCUT2D eigenvalue weighted by molar-refractivity contribution is -0.133. The minimum atomic E-state index is -3.62. The first-order valence-electron chi connectivity index (χ1n) is 10.2. The van der Waals surface area contributed by atoms with E-state index >= 15 is 0 Å². The van der Waals surface area contributed by atoms with Crippen molar-refractivity contribution in [1.82, 2.24) is 9.62 Å². The second-order valence-electron chi connectivity index (χ2n) is 7.85. The summed E-state index contributed by atoms with van der Waals surface area (Å²) in [5, 5.41) is 2.82. The SMILES string of the molecule is O=C(Nc1cccc(CN2CCCCC2=O)c1)c1cccc(S(=O)(=O)NC2CC2)c1. The summed E-state index contributed by atoms with van der Waals surface area (Å²) in [4.78, 5) is 26.6. The summed E-state index contributed by atoms with van der Waals surface area (Å²) in [6.07, 6.45) is 4.23. The molecular weight excluding hydrogens is 402 g/mol. The summed E-state index contributed by atoms with van der Waals surface area (Å²) >= 11 is 0. The fraction of sp³-hybridized carbons (Fsp3) is 0.364. The highest BCUT2D eigenvalue weighted by atomic mass is 32.2. The first-order valence-corrected chi connectivity index (χ1v) is 11.7. The number of hydrogen-bond acceptors (Lipinski definition) is 4. The number of anilines is 1. The zero-order chi connectivity index (χ0) is 21.1. The molecule has 2 aromatic carbocycles. The van der Waals surface area contributed by atoms with Crippen molar-refractivity contribution in [2.75, 3.05) is 11.9 Å². The van der Waals surface area contributed by atoms with Gasteiger partial charge in [-0.1, -0.05) is 18.2 Å². The molecule has 30 heavy (non-hydrogen) atoms. The van der Waals surface area contributed by atoms with Crippen LogP contribution < -0.4 is 10.0 Å². The zero-order valence-corrected chi connectivity index (χ0v) is 17.5. The normalized spacial score (nSPS) is 17.1. The number of nitrogens with zero attached hydrogens (tertiary/aromatic N) is 1. The maximum atomic E-state index is 12.7. The van der Waals surface area contributed by atoms with Crippen LogP contribution in [0.3, 0.4) is 0 Å². The number of rotatable bonds is 7. The number of benzene rings is 2. The molecule has 158 valence electrons. The number of carbonyl (C=O) groups is 2. The van der Waals surface area contributed by atoms with Crippen LogP contribution in [-0.4, -0.2) is 37.7 Å². The highest BCUT2D eigenvalue weighted by Crippen LogP contribution is 2.23. The van der Waals surface area contributed by atoms with Crippen molar-refractivity contribution in [2.24, 2.45) is 0 Å². The molecule has 2 amide bonds. The van der Waals surface area contributed by atoms with E-state index in [1.807, 2.05) is 23.1 Å². The van der Waals surface area contributed by atoms with Gasteiger partial charge in [0, 0.05) is 36.8 Å². The molecule has 0 aromatic heterocycles. The molecule has 0 atom stereocenters. The molecule has 2 aliphatic rings. The Morgan fingerprint density at radius 2 is 1.87 bits per heavy atom. The first kappa shape index (κ1) is 20.6. The van der Waals surface area contributed by atoms with Crippen molar-refractivity contribution in [3.63, 3.8) is 0 Å². The summed E-state index contributed by atoms with van der Waals surface area (Å²) in [5.41, 5.74) is 1.81. The number of nitrogens with one attached hydrogen (secondary N) is 2. The Balaban J connectivity index is 1.45. The van der Waals surface area contributed by atoms with Gasteiger partial charge >= 0.3 is 0 Å². The monoisotopic (exact) mass is 427 g/mol. The fourth-order valence-corrected chi connectivity index (χ4v) is 4.84. The average Bonchev–Trinajstić information content (AvgIpc) is 3.53. The third-order valence-electron chi connectivity index (χ3n) is 5.29. The van der Waals surface area contributed by atoms with Gasteiger partial charge in [-0.05, 0) is 61.6 Å². The van der Waals surface area contributed by atoms with Crippen LogP contribution in [-0.2, 0) is 21.4 Å². The van der Waals surface area contributed by atoms with Gasteiger partial charge in [0.1, 0.15) is 0 Å². The van der Waals surface area contributed by atoms with Gasteiger partial charge in [0.2, 0.25) is 15.9 Å². The molecule has 1 aliphatic carbocycles. The number of likely N-dealkylation sites (tertiary alicyclic amines) is 1. The highest BCUT2D eigenvalue weighted by molar-refractivity contribution is 7.89. The number of sulfonamides is 1. The quantitative estimate of drug-likeness (QED) is 0.710. The Bertz CT molecular complexity index is 1060. The van der Waals surface area contributed by atoms with E-state index in [4.69, 9.17) is 0 Å². The molecule has 2 aromatic rings. The largest absolute Gasteiger partial charge is 0.338 e. The van der Waals surface area contributed by atoms with Crippen molar-refractivity contribution in [3.05, 3.63) is 59.7 Å². The molecule has 8 heteroatoms. The van der Waals surface area contributed by atoms with Gasteiger partial charge in [-0.3, -0.25) is 9.59 Å². The van der Waals surface area contributed by atoms with Gasteiger partial charge in [0.25, 0.3) is 5.91 Å². The van der Waals surface area contributed by atoms with E-state index in [1.54, 1.807) is 18.2 Å². The van der Waals surface area contributed by atoms with Crippen LogP contribution >= 0.6 is 0 Å². The summed E-state index contributed by atoms with van der Waals surface area (Å²) in [6, 6.07) is 13.4. The molecule has 0 spiro atoms. The lowest BCUT2D eigenvalue weighted by Gasteiger charge is -2.26. The molecule has 2 fully saturated rings.